The number of nitrogens with two attached hydrogens (primary N) is 1. The number of benzene rings is 1. The minimum Gasteiger partial charge on any atom is -0.494 e. The number of carbonyl (C=O) groups is 3. The fourth-order valence-electron chi connectivity index (χ4n) is 3.63. The van der Waals surface area contributed by atoms with Gasteiger partial charge in [0, 0.05) is 12.7 Å². The molecular weight excluding hydrogens is 384 g/mol. The molecule has 0 aliphatic carbocycles. The number of hydrogen-bond donors (Lipinski definition) is 2. The van der Waals surface area contributed by atoms with Gasteiger partial charge >= 0.3 is 11.8 Å². The minimum atomic E-state index is -0.775. The number of ether oxygens (including phenoxy) is 1. The van der Waals surface area contributed by atoms with Crippen LogP contribution in [0.5, 0.6) is 5.75 Å². The predicted molar refractivity (Wildman–Crippen MR) is 112 cm³/mol. The summed E-state index contributed by atoms with van der Waals surface area (Å²) in [5.41, 5.74) is 6.60. The Balaban J connectivity index is 1.77. The van der Waals surface area contributed by atoms with Crippen LogP contribution in [0.1, 0.15) is 48.7 Å². The Bertz CT molecular complexity index is 929. The third-order valence-corrected chi connectivity index (χ3v) is 5.13. The molecule has 1 aromatic heterocycles. The topological polar surface area (TPSA) is 115 Å². The molecule has 1 aliphatic rings. The first-order valence-corrected chi connectivity index (χ1v) is 9.98. The van der Waals surface area contributed by atoms with Crippen molar-refractivity contribution in [3.8, 4) is 5.75 Å². The molecule has 2 atom stereocenters. The number of piperidine rings is 1. The average Bonchev–Trinajstić information content (AvgIpc) is 2.74. The van der Waals surface area contributed by atoms with E-state index in [0.29, 0.717) is 19.1 Å². The molecule has 0 spiro atoms. The molecule has 1 fully saturated rings. The van der Waals surface area contributed by atoms with E-state index in [-0.39, 0.29) is 17.3 Å². The molecule has 0 unspecified atom stereocenters. The van der Waals surface area contributed by atoms with Crippen molar-refractivity contribution in [3.05, 3.63) is 53.9 Å². The zero-order valence-corrected chi connectivity index (χ0v) is 17.1. The second-order valence-electron chi connectivity index (χ2n) is 7.44. The van der Waals surface area contributed by atoms with E-state index in [1.165, 1.54) is 18.5 Å². The van der Waals surface area contributed by atoms with Crippen LogP contribution in [0.25, 0.3) is 0 Å². The largest absolute Gasteiger partial charge is 0.494 e. The van der Waals surface area contributed by atoms with Crippen molar-refractivity contribution >= 4 is 23.4 Å². The van der Waals surface area contributed by atoms with Crippen LogP contribution in [-0.2, 0) is 9.59 Å². The highest BCUT2D eigenvalue weighted by Gasteiger charge is 2.34. The zero-order chi connectivity index (χ0) is 21.7. The maximum absolute atomic E-state index is 13.0. The van der Waals surface area contributed by atoms with Crippen molar-refractivity contribution in [2.45, 2.75) is 32.7 Å². The van der Waals surface area contributed by atoms with E-state index in [1.807, 2.05) is 31.2 Å². The molecule has 1 aromatic carbocycles. The number of anilines is 1. The molecule has 1 aliphatic heterocycles. The van der Waals surface area contributed by atoms with E-state index >= 15 is 0 Å². The monoisotopic (exact) mass is 410 g/mol. The number of pyridine rings is 1. The van der Waals surface area contributed by atoms with Gasteiger partial charge in [-0.3, -0.25) is 19.4 Å². The summed E-state index contributed by atoms with van der Waals surface area (Å²) in [5.74, 6) is -0.998. The number of carbonyl (C=O) groups excluding carboxylic acids is 3. The molecule has 0 saturated carbocycles. The summed E-state index contributed by atoms with van der Waals surface area (Å²) >= 11 is 0. The van der Waals surface area contributed by atoms with E-state index in [1.54, 1.807) is 4.90 Å². The summed E-state index contributed by atoms with van der Waals surface area (Å²) in [5, 5.41) is 2.53. The van der Waals surface area contributed by atoms with Crippen LogP contribution in [0.2, 0.25) is 0 Å². The second kappa shape index (κ2) is 9.39. The molecular formula is C22H26N4O4. The molecule has 8 heteroatoms. The fourth-order valence-corrected chi connectivity index (χ4v) is 3.63. The van der Waals surface area contributed by atoms with Gasteiger partial charge in [0.05, 0.1) is 30.1 Å². The van der Waals surface area contributed by atoms with Crippen molar-refractivity contribution in [2.75, 3.05) is 18.5 Å². The zero-order valence-electron chi connectivity index (χ0n) is 17.1. The summed E-state index contributed by atoms with van der Waals surface area (Å²) in [7, 11) is 0. The highest BCUT2D eigenvalue weighted by atomic mass is 16.5. The highest BCUT2D eigenvalue weighted by molar-refractivity contribution is 6.39. The Hall–Kier alpha value is -3.42. The van der Waals surface area contributed by atoms with E-state index in [4.69, 9.17) is 10.5 Å². The number of rotatable bonds is 5. The van der Waals surface area contributed by atoms with Gasteiger partial charge in [0.1, 0.15) is 5.75 Å². The van der Waals surface area contributed by atoms with Gasteiger partial charge in [-0.05, 0) is 49.4 Å². The molecule has 0 radical (unpaired) electrons. The fraction of sp³-hybridized carbons (Fsp3) is 0.364. The smallest absolute Gasteiger partial charge is 0.313 e. The second-order valence-corrected chi connectivity index (χ2v) is 7.44. The lowest BCUT2D eigenvalue weighted by atomic mass is 9.89. The van der Waals surface area contributed by atoms with Gasteiger partial charge < -0.3 is 20.7 Å². The molecule has 0 bridgehead atoms. The number of amides is 3. The van der Waals surface area contributed by atoms with Gasteiger partial charge in [-0.2, -0.15) is 0 Å². The van der Waals surface area contributed by atoms with Crippen LogP contribution in [0, 0.1) is 5.92 Å². The number of hydrogen-bond acceptors (Lipinski definition) is 5. The number of nitrogens with zero attached hydrogens (tertiary/aromatic N) is 2. The normalized spacial score (nSPS) is 18.5. The molecule has 8 nitrogen and oxygen atoms in total. The summed E-state index contributed by atoms with van der Waals surface area (Å²) in [4.78, 5) is 42.4. The SMILES string of the molecule is CCOc1ccc([C@H]2CC[C@H](C)CN2C(=O)C(=O)Nc2cncc(C(N)=O)c2)cc1. The quantitative estimate of drug-likeness (QED) is 0.735. The van der Waals surface area contributed by atoms with Gasteiger partial charge in [0.2, 0.25) is 5.91 Å². The summed E-state index contributed by atoms with van der Waals surface area (Å²) in [6.07, 6.45) is 4.40. The van der Waals surface area contributed by atoms with Crippen LogP contribution < -0.4 is 15.8 Å². The third kappa shape index (κ3) is 4.94. The summed E-state index contributed by atoms with van der Waals surface area (Å²) in [6.45, 7) is 5.05. The van der Waals surface area contributed by atoms with E-state index in [9.17, 15) is 14.4 Å². The Morgan fingerprint density at radius 3 is 2.60 bits per heavy atom. The number of aromatic nitrogens is 1. The highest BCUT2D eigenvalue weighted by Crippen LogP contribution is 2.34. The maximum atomic E-state index is 13.0. The summed E-state index contributed by atoms with van der Waals surface area (Å²) < 4.78 is 5.49. The Morgan fingerprint density at radius 2 is 1.93 bits per heavy atom. The average molecular weight is 410 g/mol. The van der Waals surface area contributed by atoms with Crippen molar-refractivity contribution in [1.29, 1.82) is 0 Å². The predicted octanol–water partition coefficient (Wildman–Crippen LogP) is 2.52. The van der Waals surface area contributed by atoms with Crippen LogP contribution in [0.3, 0.4) is 0 Å². The van der Waals surface area contributed by atoms with Crippen molar-refractivity contribution in [1.82, 2.24) is 9.88 Å². The first kappa shape index (κ1) is 21.3. The molecule has 30 heavy (non-hydrogen) atoms. The molecule has 3 rings (SSSR count). The van der Waals surface area contributed by atoms with Gasteiger partial charge in [-0.1, -0.05) is 19.1 Å². The summed E-state index contributed by atoms with van der Waals surface area (Å²) in [6, 6.07) is 8.82. The number of likely N-dealkylation sites (tertiary alicyclic amines) is 1. The van der Waals surface area contributed by atoms with Gasteiger partial charge in [-0.25, -0.2) is 0 Å². The van der Waals surface area contributed by atoms with Gasteiger partial charge in [0.25, 0.3) is 0 Å². The van der Waals surface area contributed by atoms with E-state index in [0.717, 1.165) is 24.2 Å². The molecule has 3 N–H and O–H groups in total. The first-order chi connectivity index (χ1) is 14.4. The third-order valence-electron chi connectivity index (χ3n) is 5.13. The Labute approximate surface area is 175 Å². The van der Waals surface area contributed by atoms with Gasteiger partial charge in [-0.15, -0.1) is 0 Å². The Kier molecular flexibility index (Phi) is 6.66. The van der Waals surface area contributed by atoms with E-state index < -0.39 is 17.7 Å². The van der Waals surface area contributed by atoms with Crippen LogP contribution in [0.4, 0.5) is 5.69 Å². The molecule has 3 amide bonds. The van der Waals surface area contributed by atoms with E-state index in [2.05, 4.69) is 17.2 Å². The minimum absolute atomic E-state index is 0.152. The molecule has 158 valence electrons. The van der Waals surface area contributed by atoms with Crippen molar-refractivity contribution in [2.24, 2.45) is 11.7 Å². The number of nitrogens with one attached hydrogen (secondary N) is 1. The van der Waals surface area contributed by atoms with Crippen LogP contribution >= 0.6 is 0 Å². The van der Waals surface area contributed by atoms with Crippen molar-refractivity contribution in [3.63, 3.8) is 0 Å². The number of primary amides is 1. The molecule has 1 saturated heterocycles. The van der Waals surface area contributed by atoms with Crippen LogP contribution in [-0.4, -0.2) is 40.8 Å². The maximum Gasteiger partial charge on any atom is 0.313 e. The lowest BCUT2D eigenvalue weighted by molar-refractivity contribution is -0.146. The lowest BCUT2D eigenvalue weighted by Gasteiger charge is -2.38. The standard InChI is InChI=1S/C22H26N4O4/c1-3-30-18-7-5-15(6-8-18)19-9-4-14(2)13-26(19)22(29)21(28)25-17-10-16(20(23)27)11-24-12-17/h5-8,10-12,14,19H,3-4,9,13H2,1-2H3,(H2,23,27)(H,25,28)/t14-,19+/m0/s1. The van der Waals surface area contributed by atoms with Gasteiger partial charge in [0.15, 0.2) is 0 Å². The molecule has 2 aromatic rings. The first-order valence-electron chi connectivity index (χ1n) is 9.98. The lowest BCUT2D eigenvalue weighted by Crippen LogP contribution is -2.46. The Morgan fingerprint density at radius 1 is 1.20 bits per heavy atom. The van der Waals surface area contributed by atoms with Crippen LogP contribution in [0.15, 0.2) is 42.7 Å². The van der Waals surface area contributed by atoms with Crippen molar-refractivity contribution < 1.29 is 19.1 Å². The molecule has 2 heterocycles.